The molecule has 0 atom stereocenters. The molecule has 0 aromatic heterocycles. The average Bonchev–Trinajstić information content (AvgIpc) is 3.37. The molecule has 7 nitrogen and oxygen atoms in total. The van der Waals surface area contributed by atoms with E-state index < -0.39 is 5.91 Å². The number of carbonyl (C=O) groups is 3. The molecule has 2 aliphatic rings. The molecular weight excluding hydrogens is 418 g/mol. The summed E-state index contributed by atoms with van der Waals surface area (Å²) >= 11 is 0. The average molecular weight is 444 g/mol. The summed E-state index contributed by atoms with van der Waals surface area (Å²) in [6, 6.07) is 12.0. The minimum atomic E-state index is -0.396. The standard InChI is InChI=1S/C23H25N3O4.ClH/c1-30-20-7-3-2-6-17(20)15-26-22(28)18-9-8-16(14-19(18)23(26)29)21(27)24-10-13-25-11-4-5-12-25;/h2-3,6-9,14H,4-5,10-13,15H2,1H3,(H,24,27);1H. The first-order valence-electron chi connectivity index (χ1n) is 10.2. The fraction of sp³-hybridized carbons (Fsp3) is 0.348. The number of likely N-dealkylation sites (tertiary alicyclic amines) is 1. The lowest BCUT2D eigenvalue weighted by molar-refractivity contribution is 0.0641. The maximum atomic E-state index is 12.9. The summed E-state index contributed by atoms with van der Waals surface area (Å²) in [5, 5.41) is 2.90. The second kappa shape index (κ2) is 9.94. The third-order valence-corrected chi connectivity index (χ3v) is 5.67. The number of halogens is 1. The smallest absolute Gasteiger partial charge is 0.261 e. The normalized spacial score (nSPS) is 15.6. The van der Waals surface area contributed by atoms with Gasteiger partial charge in [-0.1, -0.05) is 18.2 Å². The van der Waals surface area contributed by atoms with Crippen LogP contribution >= 0.6 is 12.4 Å². The molecular formula is C23H26ClN3O4. The largest absolute Gasteiger partial charge is 0.496 e. The maximum absolute atomic E-state index is 12.9. The Morgan fingerprint density at radius 3 is 2.48 bits per heavy atom. The highest BCUT2D eigenvalue weighted by molar-refractivity contribution is 6.22. The van der Waals surface area contributed by atoms with E-state index in [4.69, 9.17) is 4.74 Å². The molecule has 2 heterocycles. The minimum absolute atomic E-state index is 0. The van der Waals surface area contributed by atoms with Crippen molar-refractivity contribution in [2.45, 2.75) is 19.4 Å². The molecule has 2 aromatic rings. The Hall–Kier alpha value is -2.90. The lowest BCUT2D eigenvalue weighted by Crippen LogP contribution is -2.33. The van der Waals surface area contributed by atoms with E-state index in [1.807, 2.05) is 18.2 Å². The summed E-state index contributed by atoms with van der Waals surface area (Å²) in [5.41, 5.74) is 1.72. The van der Waals surface area contributed by atoms with Gasteiger partial charge in [0.05, 0.1) is 24.8 Å². The number of nitrogens with one attached hydrogen (secondary N) is 1. The van der Waals surface area contributed by atoms with E-state index in [0.717, 1.165) is 25.2 Å². The third-order valence-electron chi connectivity index (χ3n) is 5.67. The summed E-state index contributed by atoms with van der Waals surface area (Å²) < 4.78 is 5.32. The van der Waals surface area contributed by atoms with E-state index in [1.165, 1.54) is 23.8 Å². The first kappa shape index (κ1) is 22.8. The Bertz CT molecular complexity index is 989. The number of imide groups is 1. The van der Waals surface area contributed by atoms with Gasteiger partial charge in [-0.05, 0) is 50.2 Å². The lowest BCUT2D eigenvalue weighted by Gasteiger charge is -2.16. The van der Waals surface area contributed by atoms with Crippen molar-refractivity contribution in [3.63, 3.8) is 0 Å². The highest BCUT2D eigenvalue weighted by Crippen LogP contribution is 2.28. The minimum Gasteiger partial charge on any atom is -0.496 e. The van der Waals surface area contributed by atoms with Crippen LogP contribution < -0.4 is 10.1 Å². The molecule has 0 unspecified atom stereocenters. The van der Waals surface area contributed by atoms with Crippen LogP contribution in [0, 0.1) is 0 Å². The number of hydrogen-bond donors (Lipinski definition) is 1. The SMILES string of the molecule is COc1ccccc1CN1C(=O)c2ccc(C(=O)NCCN3CCCC3)cc2C1=O.Cl. The topological polar surface area (TPSA) is 79.0 Å². The number of nitrogens with zero attached hydrogens (tertiary/aromatic N) is 2. The van der Waals surface area contributed by atoms with Crippen LogP contribution in [0.25, 0.3) is 0 Å². The Morgan fingerprint density at radius 1 is 1.03 bits per heavy atom. The zero-order chi connectivity index (χ0) is 21.1. The van der Waals surface area contributed by atoms with Gasteiger partial charge in [0, 0.05) is 24.2 Å². The van der Waals surface area contributed by atoms with E-state index in [-0.39, 0.29) is 36.3 Å². The molecule has 8 heteroatoms. The highest BCUT2D eigenvalue weighted by atomic mass is 35.5. The molecule has 0 bridgehead atoms. The summed E-state index contributed by atoms with van der Waals surface area (Å²) in [6.07, 6.45) is 2.42. The molecule has 0 radical (unpaired) electrons. The predicted octanol–water partition coefficient (Wildman–Crippen LogP) is 2.74. The number of rotatable bonds is 7. The van der Waals surface area contributed by atoms with Crippen LogP contribution in [0.1, 0.15) is 49.5 Å². The van der Waals surface area contributed by atoms with E-state index in [0.29, 0.717) is 23.4 Å². The molecule has 4 rings (SSSR count). The fourth-order valence-electron chi connectivity index (χ4n) is 4.02. The lowest BCUT2D eigenvalue weighted by atomic mass is 10.1. The number of para-hydroxylation sites is 1. The predicted molar refractivity (Wildman–Crippen MR) is 119 cm³/mol. The Morgan fingerprint density at radius 2 is 1.74 bits per heavy atom. The van der Waals surface area contributed by atoms with Crippen LogP contribution in [0.5, 0.6) is 5.75 Å². The van der Waals surface area contributed by atoms with Gasteiger partial charge in [-0.25, -0.2) is 0 Å². The van der Waals surface area contributed by atoms with Crippen molar-refractivity contribution in [1.82, 2.24) is 15.1 Å². The van der Waals surface area contributed by atoms with E-state index in [1.54, 1.807) is 25.3 Å². The summed E-state index contributed by atoms with van der Waals surface area (Å²) in [4.78, 5) is 41.7. The first-order valence-corrected chi connectivity index (χ1v) is 10.2. The summed E-state index contributed by atoms with van der Waals surface area (Å²) in [7, 11) is 1.55. The van der Waals surface area contributed by atoms with Crippen molar-refractivity contribution < 1.29 is 19.1 Å². The van der Waals surface area contributed by atoms with Crippen LogP contribution in [0.3, 0.4) is 0 Å². The van der Waals surface area contributed by atoms with Gasteiger partial charge in [0.1, 0.15) is 5.75 Å². The van der Waals surface area contributed by atoms with Gasteiger partial charge in [-0.3, -0.25) is 19.3 Å². The second-order valence-electron chi connectivity index (χ2n) is 7.57. The quantitative estimate of drug-likeness (QED) is 0.666. The van der Waals surface area contributed by atoms with Crippen molar-refractivity contribution in [2.75, 3.05) is 33.3 Å². The molecule has 0 aliphatic carbocycles. The van der Waals surface area contributed by atoms with Gasteiger partial charge >= 0.3 is 0 Å². The van der Waals surface area contributed by atoms with Gasteiger partial charge in [-0.15, -0.1) is 12.4 Å². The van der Waals surface area contributed by atoms with E-state index >= 15 is 0 Å². The number of ether oxygens (including phenoxy) is 1. The Balaban J connectivity index is 0.00000272. The van der Waals surface area contributed by atoms with Crippen molar-refractivity contribution >= 4 is 30.1 Å². The molecule has 0 spiro atoms. The molecule has 1 saturated heterocycles. The number of hydrogen-bond acceptors (Lipinski definition) is 5. The number of methoxy groups -OCH3 is 1. The van der Waals surface area contributed by atoms with Crippen molar-refractivity contribution in [3.8, 4) is 5.75 Å². The monoisotopic (exact) mass is 443 g/mol. The first-order chi connectivity index (χ1) is 14.6. The molecule has 0 saturated carbocycles. The van der Waals surface area contributed by atoms with E-state index in [9.17, 15) is 14.4 Å². The van der Waals surface area contributed by atoms with Gasteiger partial charge in [-0.2, -0.15) is 0 Å². The van der Waals surface area contributed by atoms with Gasteiger partial charge in [0.2, 0.25) is 0 Å². The van der Waals surface area contributed by atoms with Gasteiger partial charge < -0.3 is 15.0 Å². The van der Waals surface area contributed by atoms with Crippen molar-refractivity contribution in [2.24, 2.45) is 0 Å². The van der Waals surface area contributed by atoms with Gasteiger partial charge in [0.25, 0.3) is 17.7 Å². The molecule has 2 aromatic carbocycles. The van der Waals surface area contributed by atoms with Gasteiger partial charge in [0.15, 0.2) is 0 Å². The maximum Gasteiger partial charge on any atom is 0.261 e. The zero-order valence-corrected chi connectivity index (χ0v) is 18.2. The molecule has 3 amide bonds. The third kappa shape index (κ3) is 4.73. The number of benzene rings is 2. The Labute approximate surface area is 187 Å². The number of amides is 3. The second-order valence-corrected chi connectivity index (χ2v) is 7.57. The van der Waals surface area contributed by atoms with Crippen LogP contribution in [0.2, 0.25) is 0 Å². The van der Waals surface area contributed by atoms with Crippen molar-refractivity contribution in [3.05, 3.63) is 64.7 Å². The zero-order valence-electron chi connectivity index (χ0n) is 17.4. The van der Waals surface area contributed by atoms with Crippen LogP contribution in [0.4, 0.5) is 0 Å². The fourth-order valence-corrected chi connectivity index (χ4v) is 4.02. The summed E-state index contributed by atoms with van der Waals surface area (Å²) in [5.74, 6) is -0.373. The Kier molecular flexibility index (Phi) is 7.30. The molecule has 164 valence electrons. The van der Waals surface area contributed by atoms with Crippen LogP contribution in [-0.4, -0.2) is 60.8 Å². The molecule has 1 N–H and O–H groups in total. The molecule has 2 aliphatic heterocycles. The highest BCUT2D eigenvalue weighted by Gasteiger charge is 2.36. The van der Waals surface area contributed by atoms with E-state index in [2.05, 4.69) is 10.2 Å². The number of fused-ring (bicyclic) bond motifs is 1. The molecule has 1 fully saturated rings. The van der Waals surface area contributed by atoms with Crippen LogP contribution in [-0.2, 0) is 6.54 Å². The summed E-state index contributed by atoms with van der Waals surface area (Å²) in [6.45, 7) is 3.65. The molecule has 31 heavy (non-hydrogen) atoms. The number of carbonyl (C=O) groups excluding carboxylic acids is 3. The van der Waals surface area contributed by atoms with Crippen molar-refractivity contribution in [1.29, 1.82) is 0 Å². The van der Waals surface area contributed by atoms with Crippen LogP contribution in [0.15, 0.2) is 42.5 Å².